The SMILES string of the molecule is O=C(NCC1CCC=CCC1)Nc1cnn(-c2ccncc2)c1. The molecule has 2 N–H and O–H groups in total. The Morgan fingerprint density at radius 3 is 2.70 bits per heavy atom. The average molecular weight is 311 g/mol. The zero-order valence-corrected chi connectivity index (χ0v) is 13.0. The number of amides is 2. The molecule has 2 aromatic heterocycles. The van der Waals surface area contributed by atoms with Crippen LogP contribution in [0.25, 0.3) is 5.69 Å². The van der Waals surface area contributed by atoms with Crippen molar-refractivity contribution in [3.05, 3.63) is 49.1 Å². The summed E-state index contributed by atoms with van der Waals surface area (Å²) in [6.07, 6.45) is 15.8. The zero-order valence-electron chi connectivity index (χ0n) is 13.0. The van der Waals surface area contributed by atoms with E-state index in [0.717, 1.165) is 31.4 Å². The minimum atomic E-state index is -0.184. The number of nitrogens with zero attached hydrogens (tertiary/aromatic N) is 3. The Morgan fingerprint density at radius 2 is 1.96 bits per heavy atom. The molecule has 6 nitrogen and oxygen atoms in total. The number of aromatic nitrogens is 3. The van der Waals surface area contributed by atoms with E-state index in [4.69, 9.17) is 0 Å². The third-order valence-electron chi connectivity index (χ3n) is 3.97. The molecule has 0 aromatic carbocycles. The fraction of sp³-hybridized carbons (Fsp3) is 0.353. The molecule has 3 rings (SSSR count). The second kappa shape index (κ2) is 7.58. The van der Waals surface area contributed by atoms with Crippen molar-refractivity contribution in [3.8, 4) is 5.69 Å². The molecule has 2 heterocycles. The van der Waals surface area contributed by atoms with Crippen LogP contribution < -0.4 is 10.6 Å². The smallest absolute Gasteiger partial charge is 0.319 e. The van der Waals surface area contributed by atoms with Gasteiger partial charge in [-0.25, -0.2) is 9.48 Å². The van der Waals surface area contributed by atoms with Gasteiger partial charge in [-0.1, -0.05) is 12.2 Å². The Kier molecular flexibility index (Phi) is 5.03. The molecule has 0 bridgehead atoms. The lowest BCUT2D eigenvalue weighted by Gasteiger charge is -2.14. The zero-order chi connectivity index (χ0) is 15.9. The molecule has 1 aliphatic rings. The number of nitrogens with one attached hydrogen (secondary N) is 2. The van der Waals surface area contributed by atoms with Gasteiger partial charge in [0.05, 0.1) is 23.8 Å². The highest BCUT2D eigenvalue weighted by atomic mass is 16.2. The van der Waals surface area contributed by atoms with Gasteiger partial charge in [-0.05, 0) is 43.7 Å². The van der Waals surface area contributed by atoms with Gasteiger partial charge in [0.1, 0.15) is 0 Å². The Bertz CT molecular complexity index is 655. The van der Waals surface area contributed by atoms with Crippen LogP contribution in [0.1, 0.15) is 25.7 Å². The highest BCUT2D eigenvalue weighted by Crippen LogP contribution is 2.17. The topological polar surface area (TPSA) is 71.8 Å². The Morgan fingerprint density at radius 1 is 1.22 bits per heavy atom. The Hall–Kier alpha value is -2.63. The number of anilines is 1. The van der Waals surface area contributed by atoms with Gasteiger partial charge in [0.25, 0.3) is 0 Å². The maximum Gasteiger partial charge on any atom is 0.319 e. The third-order valence-corrected chi connectivity index (χ3v) is 3.97. The molecule has 1 aliphatic carbocycles. The van der Waals surface area contributed by atoms with Crippen LogP contribution in [0, 0.1) is 5.92 Å². The Labute approximate surface area is 135 Å². The van der Waals surface area contributed by atoms with Crippen LogP contribution in [0.2, 0.25) is 0 Å². The first-order chi connectivity index (χ1) is 11.3. The molecular formula is C17H21N5O. The summed E-state index contributed by atoms with van der Waals surface area (Å²) < 4.78 is 1.70. The van der Waals surface area contributed by atoms with E-state index < -0.39 is 0 Å². The molecule has 6 heteroatoms. The molecule has 0 saturated carbocycles. The minimum absolute atomic E-state index is 0.184. The van der Waals surface area contributed by atoms with E-state index in [-0.39, 0.29) is 6.03 Å². The van der Waals surface area contributed by atoms with Crippen LogP contribution in [0.3, 0.4) is 0 Å². The average Bonchev–Trinajstić information content (AvgIpc) is 2.88. The molecule has 0 aliphatic heterocycles. The van der Waals surface area contributed by atoms with Crippen molar-refractivity contribution in [2.45, 2.75) is 25.7 Å². The van der Waals surface area contributed by atoms with Crippen molar-refractivity contribution in [3.63, 3.8) is 0 Å². The predicted molar refractivity (Wildman–Crippen MR) is 89.5 cm³/mol. The van der Waals surface area contributed by atoms with Crippen molar-refractivity contribution in [2.75, 3.05) is 11.9 Å². The van der Waals surface area contributed by atoms with Gasteiger partial charge in [-0.2, -0.15) is 5.10 Å². The van der Waals surface area contributed by atoms with E-state index in [2.05, 4.69) is 32.9 Å². The lowest BCUT2D eigenvalue weighted by molar-refractivity contribution is 0.249. The second-order valence-electron chi connectivity index (χ2n) is 5.71. The van der Waals surface area contributed by atoms with Crippen molar-refractivity contribution in [1.82, 2.24) is 20.1 Å². The van der Waals surface area contributed by atoms with Crippen LogP contribution in [0.5, 0.6) is 0 Å². The van der Waals surface area contributed by atoms with E-state index in [1.165, 1.54) is 0 Å². The van der Waals surface area contributed by atoms with Crippen molar-refractivity contribution in [2.24, 2.45) is 5.92 Å². The van der Waals surface area contributed by atoms with Crippen LogP contribution >= 0.6 is 0 Å². The van der Waals surface area contributed by atoms with Gasteiger partial charge in [0, 0.05) is 18.9 Å². The number of allylic oxidation sites excluding steroid dienone is 2. The van der Waals surface area contributed by atoms with E-state index in [1.54, 1.807) is 29.5 Å². The molecule has 2 amide bonds. The predicted octanol–water partition coefficient (Wildman–Crippen LogP) is 3.14. The Balaban J connectivity index is 1.49. The molecule has 0 fully saturated rings. The summed E-state index contributed by atoms with van der Waals surface area (Å²) in [5.41, 5.74) is 1.57. The van der Waals surface area contributed by atoms with Gasteiger partial charge < -0.3 is 10.6 Å². The van der Waals surface area contributed by atoms with Crippen LogP contribution in [0.15, 0.2) is 49.1 Å². The van der Waals surface area contributed by atoms with Crippen molar-refractivity contribution >= 4 is 11.7 Å². The van der Waals surface area contributed by atoms with Crippen LogP contribution in [-0.2, 0) is 0 Å². The summed E-state index contributed by atoms with van der Waals surface area (Å²) in [5, 5.41) is 10.0. The van der Waals surface area contributed by atoms with Gasteiger partial charge in [-0.3, -0.25) is 4.98 Å². The number of carbonyl (C=O) groups excluding carboxylic acids is 1. The maximum atomic E-state index is 12.0. The number of urea groups is 1. The molecule has 0 saturated heterocycles. The minimum Gasteiger partial charge on any atom is -0.338 e. The number of rotatable bonds is 4. The summed E-state index contributed by atoms with van der Waals surface area (Å²) in [7, 11) is 0. The van der Waals surface area contributed by atoms with Crippen LogP contribution in [-0.4, -0.2) is 27.3 Å². The van der Waals surface area contributed by atoms with Gasteiger partial charge in [-0.15, -0.1) is 0 Å². The lowest BCUT2D eigenvalue weighted by atomic mass is 10.0. The molecule has 23 heavy (non-hydrogen) atoms. The number of hydrogen-bond acceptors (Lipinski definition) is 3. The quantitative estimate of drug-likeness (QED) is 0.852. The van der Waals surface area contributed by atoms with Gasteiger partial charge in [0.15, 0.2) is 0 Å². The highest BCUT2D eigenvalue weighted by Gasteiger charge is 2.11. The van der Waals surface area contributed by atoms with Gasteiger partial charge in [0.2, 0.25) is 0 Å². The fourth-order valence-electron chi connectivity index (χ4n) is 2.69. The second-order valence-corrected chi connectivity index (χ2v) is 5.71. The first-order valence-corrected chi connectivity index (χ1v) is 7.96. The molecule has 0 radical (unpaired) electrons. The van der Waals surface area contributed by atoms with E-state index in [0.29, 0.717) is 18.2 Å². The molecule has 120 valence electrons. The fourth-order valence-corrected chi connectivity index (χ4v) is 2.69. The molecule has 0 atom stereocenters. The summed E-state index contributed by atoms with van der Waals surface area (Å²) in [5.74, 6) is 0.551. The maximum absolute atomic E-state index is 12.0. The molecular weight excluding hydrogens is 290 g/mol. The summed E-state index contributed by atoms with van der Waals surface area (Å²) >= 11 is 0. The standard InChI is InChI=1S/C17H21N5O/c23-17(19-11-14-5-3-1-2-4-6-14)21-15-12-20-22(13-15)16-7-9-18-10-8-16/h1-2,7-10,12-14H,3-6,11H2,(H2,19,21,23). The van der Waals surface area contributed by atoms with Crippen LogP contribution in [0.4, 0.5) is 10.5 Å². The summed E-state index contributed by atoms with van der Waals surface area (Å²) in [6, 6.07) is 3.53. The number of hydrogen-bond donors (Lipinski definition) is 2. The monoisotopic (exact) mass is 311 g/mol. The number of pyridine rings is 1. The largest absolute Gasteiger partial charge is 0.338 e. The van der Waals surface area contributed by atoms with Crippen molar-refractivity contribution in [1.29, 1.82) is 0 Å². The molecule has 0 spiro atoms. The molecule has 0 unspecified atom stereocenters. The van der Waals surface area contributed by atoms with E-state index in [9.17, 15) is 4.79 Å². The summed E-state index contributed by atoms with van der Waals surface area (Å²) in [4.78, 5) is 16.0. The highest BCUT2D eigenvalue weighted by molar-refractivity contribution is 5.88. The first-order valence-electron chi connectivity index (χ1n) is 7.96. The number of carbonyl (C=O) groups is 1. The van der Waals surface area contributed by atoms with Gasteiger partial charge >= 0.3 is 6.03 Å². The molecule has 2 aromatic rings. The van der Waals surface area contributed by atoms with Crippen molar-refractivity contribution < 1.29 is 4.79 Å². The normalized spacial score (nSPS) is 15.1. The van der Waals surface area contributed by atoms with E-state index in [1.807, 2.05) is 12.1 Å². The summed E-state index contributed by atoms with van der Waals surface area (Å²) in [6.45, 7) is 0.714. The van der Waals surface area contributed by atoms with E-state index >= 15 is 0 Å². The first kappa shape index (κ1) is 15.3. The third kappa shape index (κ3) is 4.42. The lowest BCUT2D eigenvalue weighted by Crippen LogP contribution is -2.32.